The van der Waals surface area contributed by atoms with Crippen molar-refractivity contribution in [3.05, 3.63) is 0 Å². The molecule has 0 spiro atoms. The molecule has 4 unspecified atom stereocenters. The number of rotatable bonds is 4. The maximum absolute atomic E-state index is 6.45. The summed E-state index contributed by atoms with van der Waals surface area (Å²) in [5, 5.41) is 0. The number of hydrogen-bond acceptors (Lipinski definition) is 2. The molecule has 0 aromatic rings. The largest absolute Gasteiger partial charge is 0.326 e. The topological polar surface area (TPSA) is 29.3 Å². The van der Waals surface area contributed by atoms with Gasteiger partial charge in [0.2, 0.25) is 0 Å². The summed E-state index contributed by atoms with van der Waals surface area (Å²) in [6, 6.07) is 1.64. The summed E-state index contributed by atoms with van der Waals surface area (Å²) in [6.07, 6.45) is 5.45. The van der Waals surface area contributed by atoms with Gasteiger partial charge >= 0.3 is 0 Å². The maximum Gasteiger partial charge on any atom is 0.0275 e. The molecular formula is C15H30N2. The number of nitrogens with two attached hydrogens (primary N) is 1. The molecule has 0 heterocycles. The Labute approximate surface area is 107 Å². The Balaban J connectivity index is 2.04. The van der Waals surface area contributed by atoms with Gasteiger partial charge in [-0.15, -0.1) is 0 Å². The third-order valence-corrected chi connectivity index (χ3v) is 4.68. The first kappa shape index (κ1) is 13.4. The molecule has 2 nitrogen and oxygen atoms in total. The van der Waals surface area contributed by atoms with Crippen LogP contribution < -0.4 is 5.73 Å². The Kier molecular flexibility index (Phi) is 4.14. The van der Waals surface area contributed by atoms with Crippen LogP contribution in [0.1, 0.15) is 53.4 Å². The highest BCUT2D eigenvalue weighted by Crippen LogP contribution is 2.36. The fraction of sp³-hybridized carbons (Fsp3) is 1.00. The van der Waals surface area contributed by atoms with Crippen LogP contribution in [0.15, 0.2) is 0 Å². The van der Waals surface area contributed by atoms with Gasteiger partial charge in [0.1, 0.15) is 0 Å². The first-order chi connectivity index (χ1) is 7.99. The van der Waals surface area contributed by atoms with Gasteiger partial charge in [-0.1, -0.05) is 13.8 Å². The highest BCUT2D eigenvalue weighted by Gasteiger charge is 2.38. The lowest BCUT2D eigenvalue weighted by molar-refractivity contribution is 0.0480. The lowest BCUT2D eigenvalue weighted by atomic mass is 9.76. The molecule has 2 aliphatic rings. The quantitative estimate of drug-likeness (QED) is 0.816. The summed E-state index contributed by atoms with van der Waals surface area (Å²) in [5.74, 6) is 2.54. The lowest BCUT2D eigenvalue weighted by Gasteiger charge is -2.46. The molecule has 2 saturated carbocycles. The average Bonchev–Trinajstić information content (AvgIpc) is 2.98. The molecule has 0 aromatic carbocycles. The van der Waals surface area contributed by atoms with Gasteiger partial charge in [-0.05, 0) is 57.3 Å². The molecule has 0 aliphatic heterocycles. The van der Waals surface area contributed by atoms with Gasteiger partial charge in [0.05, 0.1) is 0 Å². The minimum absolute atomic E-state index is 0.384. The van der Waals surface area contributed by atoms with Crippen LogP contribution >= 0.6 is 0 Å². The van der Waals surface area contributed by atoms with Crippen molar-refractivity contribution in [2.24, 2.45) is 23.5 Å². The molecule has 2 fully saturated rings. The second-order valence-corrected chi connectivity index (χ2v) is 6.94. The van der Waals surface area contributed by atoms with E-state index in [0.29, 0.717) is 18.1 Å². The van der Waals surface area contributed by atoms with E-state index in [-0.39, 0.29) is 0 Å². The van der Waals surface area contributed by atoms with Crippen molar-refractivity contribution in [3.8, 4) is 0 Å². The predicted octanol–water partition coefficient (Wildman–Crippen LogP) is 2.87. The van der Waals surface area contributed by atoms with E-state index in [4.69, 9.17) is 5.73 Å². The summed E-state index contributed by atoms with van der Waals surface area (Å²) >= 11 is 0. The maximum atomic E-state index is 6.45. The van der Waals surface area contributed by atoms with Crippen molar-refractivity contribution in [1.29, 1.82) is 0 Å². The van der Waals surface area contributed by atoms with E-state index in [1.54, 1.807) is 0 Å². The zero-order valence-electron chi connectivity index (χ0n) is 12.0. The van der Waals surface area contributed by atoms with Crippen LogP contribution in [0.5, 0.6) is 0 Å². The summed E-state index contributed by atoms with van der Waals surface area (Å²) in [7, 11) is 0. The molecule has 17 heavy (non-hydrogen) atoms. The molecule has 4 atom stereocenters. The number of hydrogen-bond donors (Lipinski definition) is 1. The first-order valence-corrected chi connectivity index (χ1v) is 7.50. The second-order valence-electron chi connectivity index (χ2n) is 6.94. The molecular weight excluding hydrogens is 208 g/mol. The van der Waals surface area contributed by atoms with Crippen LogP contribution in [0.4, 0.5) is 0 Å². The average molecular weight is 238 g/mol. The van der Waals surface area contributed by atoms with Crippen molar-refractivity contribution >= 4 is 0 Å². The van der Waals surface area contributed by atoms with E-state index < -0.39 is 0 Å². The summed E-state index contributed by atoms with van der Waals surface area (Å²) in [5.41, 5.74) is 6.45. The molecule has 0 saturated heterocycles. The molecule has 2 N–H and O–H groups in total. The van der Waals surface area contributed by atoms with Crippen molar-refractivity contribution in [2.75, 3.05) is 6.54 Å². The van der Waals surface area contributed by atoms with E-state index in [1.807, 2.05) is 0 Å². The second kappa shape index (κ2) is 5.27. The highest BCUT2D eigenvalue weighted by atomic mass is 15.2. The summed E-state index contributed by atoms with van der Waals surface area (Å²) in [4.78, 5) is 2.71. The van der Waals surface area contributed by atoms with Gasteiger partial charge in [-0.2, -0.15) is 0 Å². The minimum atomic E-state index is 0.384. The summed E-state index contributed by atoms with van der Waals surface area (Å²) in [6.45, 7) is 10.7. The van der Waals surface area contributed by atoms with E-state index in [1.165, 1.54) is 32.2 Å². The Morgan fingerprint density at radius 2 is 1.82 bits per heavy atom. The van der Waals surface area contributed by atoms with Gasteiger partial charge in [0.15, 0.2) is 0 Å². The van der Waals surface area contributed by atoms with Crippen LogP contribution in [0.25, 0.3) is 0 Å². The van der Waals surface area contributed by atoms with Gasteiger partial charge < -0.3 is 5.73 Å². The molecule has 0 bridgehead atoms. The van der Waals surface area contributed by atoms with Crippen LogP contribution in [0.3, 0.4) is 0 Å². The molecule has 0 radical (unpaired) electrons. The van der Waals surface area contributed by atoms with Gasteiger partial charge in [-0.3, -0.25) is 4.90 Å². The highest BCUT2D eigenvalue weighted by molar-refractivity contribution is 4.95. The standard InChI is InChI=1S/C15H30N2/c1-10(2)17(9-13-5-6-13)15-12(4)7-11(3)8-14(15)16/h10-15H,5-9,16H2,1-4H3. The van der Waals surface area contributed by atoms with Gasteiger partial charge in [0, 0.05) is 24.7 Å². The van der Waals surface area contributed by atoms with E-state index in [9.17, 15) is 0 Å². The molecule has 2 heteroatoms. The SMILES string of the molecule is CC1CC(C)C(N(CC2CC2)C(C)C)C(N)C1. The van der Waals surface area contributed by atoms with Crippen molar-refractivity contribution in [1.82, 2.24) is 4.90 Å². The van der Waals surface area contributed by atoms with Crippen LogP contribution in [0, 0.1) is 17.8 Å². The Morgan fingerprint density at radius 3 is 2.29 bits per heavy atom. The molecule has 2 aliphatic carbocycles. The van der Waals surface area contributed by atoms with Gasteiger partial charge in [-0.25, -0.2) is 0 Å². The third kappa shape index (κ3) is 3.23. The normalized spacial score (nSPS) is 39.0. The molecule has 2 rings (SSSR count). The third-order valence-electron chi connectivity index (χ3n) is 4.68. The van der Waals surface area contributed by atoms with E-state index in [2.05, 4.69) is 32.6 Å². The number of nitrogens with zero attached hydrogens (tertiary/aromatic N) is 1. The Bertz CT molecular complexity index is 235. The molecule has 0 amide bonds. The zero-order chi connectivity index (χ0) is 12.6. The van der Waals surface area contributed by atoms with Crippen molar-refractivity contribution in [2.45, 2.75) is 71.5 Å². The zero-order valence-corrected chi connectivity index (χ0v) is 12.0. The minimum Gasteiger partial charge on any atom is -0.326 e. The van der Waals surface area contributed by atoms with Crippen LogP contribution in [0.2, 0.25) is 0 Å². The lowest BCUT2D eigenvalue weighted by Crippen LogP contribution is -2.57. The van der Waals surface area contributed by atoms with Crippen molar-refractivity contribution < 1.29 is 0 Å². The monoisotopic (exact) mass is 238 g/mol. The predicted molar refractivity (Wildman–Crippen MR) is 73.9 cm³/mol. The van der Waals surface area contributed by atoms with Crippen molar-refractivity contribution in [3.63, 3.8) is 0 Å². The molecule has 0 aromatic heterocycles. The van der Waals surface area contributed by atoms with E-state index >= 15 is 0 Å². The van der Waals surface area contributed by atoms with Crippen LogP contribution in [-0.2, 0) is 0 Å². The van der Waals surface area contributed by atoms with Gasteiger partial charge in [0.25, 0.3) is 0 Å². The Morgan fingerprint density at radius 1 is 1.18 bits per heavy atom. The van der Waals surface area contributed by atoms with Crippen LogP contribution in [-0.4, -0.2) is 29.6 Å². The smallest absolute Gasteiger partial charge is 0.0275 e. The van der Waals surface area contributed by atoms with E-state index in [0.717, 1.165) is 17.8 Å². The molecule has 100 valence electrons. The fourth-order valence-electron chi connectivity index (χ4n) is 3.74. The summed E-state index contributed by atoms with van der Waals surface area (Å²) < 4.78 is 0. The Hall–Kier alpha value is -0.0800. The fourth-order valence-corrected chi connectivity index (χ4v) is 3.74. The first-order valence-electron chi connectivity index (χ1n) is 7.50.